The number of thioether (sulfide) groups is 1. The molecule has 3 nitrogen and oxygen atoms in total. The molecular formula is C11H19ClN2OS. The van der Waals surface area contributed by atoms with Crippen molar-refractivity contribution in [2.75, 3.05) is 18.8 Å². The SMILES string of the molecule is NC1SCCN1CC(=O)C1CCC(Cl)CC1. The lowest BCUT2D eigenvalue weighted by Gasteiger charge is -2.26. The summed E-state index contributed by atoms with van der Waals surface area (Å²) in [7, 11) is 0. The molecule has 0 bridgehead atoms. The molecule has 0 amide bonds. The zero-order valence-corrected chi connectivity index (χ0v) is 11.0. The van der Waals surface area contributed by atoms with Crippen LogP contribution in [0.2, 0.25) is 0 Å². The summed E-state index contributed by atoms with van der Waals surface area (Å²) in [5.41, 5.74) is 5.92. The molecule has 1 atom stereocenters. The normalized spacial score (nSPS) is 36.5. The zero-order chi connectivity index (χ0) is 11.5. The molecule has 0 aromatic heterocycles. The Bertz CT molecular complexity index is 256. The Morgan fingerprint density at radius 1 is 1.38 bits per heavy atom. The van der Waals surface area contributed by atoms with Gasteiger partial charge in [-0.1, -0.05) is 0 Å². The average molecular weight is 263 g/mol. The minimum Gasteiger partial charge on any atom is -0.307 e. The van der Waals surface area contributed by atoms with E-state index in [0.717, 1.165) is 38.0 Å². The third-order valence-electron chi connectivity index (χ3n) is 3.50. The maximum absolute atomic E-state index is 12.1. The number of rotatable bonds is 3. The van der Waals surface area contributed by atoms with Gasteiger partial charge in [-0.3, -0.25) is 9.69 Å². The Hall–Kier alpha value is 0.230. The number of carbonyl (C=O) groups excluding carboxylic acids is 1. The molecule has 16 heavy (non-hydrogen) atoms. The molecule has 1 aliphatic heterocycles. The van der Waals surface area contributed by atoms with Gasteiger partial charge in [-0.15, -0.1) is 23.4 Å². The summed E-state index contributed by atoms with van der Waals surface area (Å²) < 4.78 is 0. The fourth-order valence-corrected chi connectivity index (χ4v) is 3.62. The van der Waals surface area contributed by atoms with Crippen LogP contribution in [0.4, 0.5) is 0 Å². The van der Waals surface area contributed by atoms with E-state index in [4.69, 9.17) is 17.3 Å². The number of ketones is 1. The van der Waals surface area contributed by atoms with E-state index in [1.54, 1.807) is 11.8 Å². The van der Waals surface area contributed by atoms with Crippen LogP contribution >= 0.6 is 23.4 Å². The Labute approximate surface area is 106 Å². The van der Waals surface area contributed by atoms with E-state index < -0.39 is 0 Å². The van der Waals surface area contributed by atoms with Gasteiger partial charge in [0.2, 0.25) is 0 Å². The number of alkyl halides is 1. The summed E-state index contributed by atoms with van der Waals surface area (Å²) in [5, 5.41) is 0.286. The minimum absolute atomic E-state index is 0.0216. The molecule has 0 radical (unpaired) electrons. The van der Waals surface area contributed by atoms with Gasteiger partial charge >= 0.3 is 0 Å². The molecule has 0 spiro atoms. The highest BCUT2D eigenvalue weighted by molar-refractivity contribution is 8.00. The second-order valence-electron chi connectivity index (χ2n) is 4.65. The number of hydrogen-bond acceptors (Lipinski definition) is 4. The van der Waals surface area contributed by atoms with Crippen LogP contribution in [-0.4, -0.2) is 40.4 Å². The van der Waals surface area contributed by atoms with Gasteiger partial charge in [0.15, 0.2) is 0 Å². The van der Waals surface area contributed by atoms with Crippen LogP contribution in [0.5, 0.6) is 0 Å². The maximum Gasteiger partial charge on any atom is 0.149 e. The van der Waals surface area contributed by atoms with Crippen molar-refractivity contribution in [3.8, 4) is 0 Å². The van der Waals surface area contributed by atoms with Crippen LogP contribution in [-0.2, 0) is 4.79 Å². The summed E-state index contributed by atoms with van der Waals surface area (Å²) in [5.74, 6) is 1.64. The molecule has 1 unspecified atom stereocenters. The molecule has 1 aliphatic carbocycles. The van der Waals surface area contributed by atoms with E-state index in [-0.39, 0.29) is 16.8 Å². The van der Waals surface area contributed by atoms with Crippen LogP contribution in [0, 0.1) is 5.92 Å². The van der Waals surface area contributed by atoms with Gasteiger partial charge < -0.3 is 5.73 Å². The number of hydrogen-bond donors (Lipinski definition) is 1. The fraction of sp³-hybridized carbons (Fsp3) is 0.909. The van der Waals surface area contributed by atoms with Gasteiger partial charge in [0, 0.05) is 23.6 Å². The number of nitrogens with zero attached hydrogens (tertiary/aromatic N) is 1. The lowest BCUT2D eigenvalue weighted by atomic mass is 9.86. The third-order valence-corrected chi connectivity index (χ3v) is 4.99. The predicted octanol–water partition coefficient (Wildman–Crippen LogP) is 1.64. The second-order valence-corrected chi connectivity index (χ2v) is 6.49. The second kappa shape index (κ2) is 5.71. The highest BCUT2D eigenvalue weighted by atomic mass is 35.5. The molecule has 2 rings (SSSR count). The predicted molar refractivity (Wildman–Crippen MR) is 68.6 cm³/mol. The minimum atomic E-state index is 0.0216. The van der Waals surface area contributed by atoms with Gasteiger partial charge in [0.25, 0.3) is 0 Å². The van der Waals surface area contributed by atoms with Crippen LogP contribution in [0.1, 0.15) is 25.7 Å². The quantitative estimate of drug-likeness (QED) is 0.786. The van der Waals surface area contributed by atoms with Crippen LogP contribution in [0.15, 0.2) is 0 Å². The molecule has 92 valence electrons. The monoisotopic (exact) mass is 262 g/mol. The smallest absolute Gasteiger partial charge is 0.149 e. The van der Waals surface area contributed by atoms with Crippen molar-refractivity contribution in [2.24, 2.45) is 11.7 Å². The van der Waals surface area contributed by atoms with E-state index >= 15 is 0 Å². The first kappa shape index (κ1) is 12.7. The summed E-state index contributed by atoms with van der Waals surface area (Å²) in [6, 6.07) is 0. The summed E-state index contributed by atoms with van der Waals surface area (Å²) in [6.07, 6.45) is 3.89. The van der Waals surface area contributed by atoms with E-state index in [1.165, 1.54) is 0 Å². The summed E-state index contributed by atoms with van der Waals surface area (Å²) >= 11 is 7.76. The number of halogens is 1. The van der Waals surface area contributed by atoms with E-state index in [1.807, 2.05) is 0 Å². The van der Waals surface area contributed by atoms with Crippen molar-refractivity contribution >= 4 is 29.1 Å². The fourth-order valence-electron chi connectivity index (χ4n) is 2.40. The maximum atomic E-state index is 12.1. The topological polar surface area (TPSA) is 46.3 Å². The highest BCUT2D eigenvalue weighted by Crippen LogP contribution is 2.29. The molecule has 1 saturated heterocycles. The molecule has 0 aromatic carbocycles. The van der Waals surface area contributed by atoms with Crippen molar-refractivity contribution in [1.29, 1.82) is 0 Å². The first-order valence-corrected chi connectivity index (χ1v) is 7.43. The largest absolute Gasteiger partial charge is 0.307 e. The van der Waals surface area contributed by atoms with Crippen molar-refractivity contribution in [3.05, 3.63) is 0 Å². The molecule has 2 aliphatic rings. The van der Waals surface area contributed by atoms with Crippen molar-refractivity contribution < 1.29 is 4.79 Å². The summed E-state index contributed by atoms with van der Waals surface area (Å²) in [6.45, 7) is 1.48. The van der Waals surface area contributed by atoms with Crippen molar-refractivity contribution in [2.45, 2.75) is 36.6 Å². The molecule has 0 aromatic rings. The molecule has 1 heterocycles. The lowest BCUT2D eigenvalue weighted by Crippen LogP contribution is -2.41. The van der Waals surface area contributed by atoms with E-state index in [9.17, 15) is 4.79 Å². The number of carbonyl (C=O) groups is 1. The molecule has 1 saturated carbocycles. The van der Waals surface area contributed by atoms with E-state index in [0.29, 0.717) is 12.3 Å². The summed E-state index contributed by atoms with van der Waals surface area (Å²) in [4.78, 5) is 14.1. The van der Waals surface area contributed by atoms with Gasteiger partial charge in [-0.25, -0.2) is 0 Å². The molecular weight excluding hydrogens is 244 g/mol. The standard InChI is InChI=1S/C11H19ClN2OS/c12-9-3-1-8(2-4-9)10(15)7-14-5-6-16-11(14)13/h8-9,11H,1-7,13H2. The zero-order valence-electron chi connectivity index (χ0n) is 9.40. The van der Waals surface area contributed by atoms with Gasteiger partial charge in [0.1, 0.15) is 11.3 Å². The van der Waals surface area contributed by atoms with Crippen LogP contribution in [0.3, 0.4) is 0 Å². The number of Topliss-reactive ketones (excluding diaryl/α,β-unsaturated/α-hetero) is 1. The van der Waals surface area contributed by atoms with Crippen molar-refractivity contribution in [3.63, 3.8) is 0 Å². The first-order valence-electron chi connectivity index (χ1n) is 5.95. The van der Waals surface area contributed by atoms with E-state index in [2.05, 4.69) is 4.90 Å². The third kappa shape index (κ3) is 3.13. The first-order chi connectivity index (χ1) is 7.66. The van der Waals surface area contributed by atoms with Crippen LogP contribution < -0.4 is 5.73 Å². The number of nitrogens with two attached hydrogens (primary N) is 1. The Morgan fingerprint density at radius 2 is 2.06 bits per heavy atom. The molecule has 2 N–H and O–H groups in total. The van der Waals surface area contributed by atoms with Crippen molar-refractivity contribution in [1.82, 2.24) is 4.90 Å². The lowest BCUT2D eigenvalue weighted by molar-refractivity contribution is -0.124. The van der Waals surface area contributed by atoms with Gasteiger partial charge in [-0.2, -0.15) is 0 Å². The van der Waals surface area contributed by atoms with Crippen LogP contribution in [0.25, 0.3) is 0 Å². The Kier molecular flexibility index (Phi) is 4.53. The molecule has 2 fully saturated rings. The average Bonchev–Trinajstić information content (AvgIpc) is 2.65. The van der Waals surface area contributed by atoms with Gasteiger partial charge in [-0.05, 0) is 25.7 Å². The molecule has 5 heteroatoms. The Balaban J connectivity index is 1.79. The highest BCUT2D eigenvalue weighted by Gasteiger charge is 2.29. The Morgan fingerprint density at radius 3 is 2.62 bits per heavy atom. The van der Waals surface area contributed by atoms with Gasteiger partial charge in [0.05, 0.1) is 6.54 Å².